The van der Waals surface area contributed by atoms with E-state index >= 15 is 0 Å². The molecule has 4 aromatic rings. The number of benzene rings is 3. The van der Waals surface area contributed by atoms with Gasteiger partial charge < -0.3 is 24.3 Å². The molecular formula is C28H28N2O5. The average Bonchev–Trinajstić information content (AvgIpc) is 2.89. The van der Waals surface area contributed by atoms with Crippen LogP contribution in [0.15, 0.2) is 66.9 Å². The van der Waals surface area contributed by atoms with E-state index in [1.807, 2.05) is 54.6 Å². The molecule has 1 heterocycles. The monoisotopic (exact) mass is 472 g/mol. The largest absolute Gasteiger partial charge is 0.493 e. The Hall–Kier alpha value is -4.26. The van der Waals surface area contributed by atoms with Gasteiger partial charge in [-0.2, -0.15) is 0 Å². The molecule has 7 nitrogen and oxygen atoms in total. The van der Waals surface area contributed by atoms with E-state index in [0.29, 0.717) is 35.1 Å². The summed E-state index contributed by atoms with van der Waals surface area (Å²) in [4.78, 5) is 17.5. The average molecular weight is 473 g/mol. The minimum Gasteiger partial charge on any atom is -0.493 e. The number of nitrogens with zero attached hydrogens (tertiary/aromatic N) is 1. The number of methoxy groups -OCH3 is 4. The molecule has 0 unspecified atom stereocenters. The molecule has 3 aromatic carbocycles. The van der Waals surface area contributed by atoms with Crippen molar-refractivity contribution in [3.63, 3.8) is 0 Å². The van der Waals surface area contributed by atoms with E-state index < -0.39 is 0 Å². The van der Waals surface area contributed by atoms with Gasteiger partial charge in [-0.25, -0.2) is 0 Å². The van der Waals surface area contributed by atoms with E-state index in [1.165, 1.54) is 0 Å². The first-order chi connectivity index (χ1) is 17.1. The minimum absolute atomic E-state index is 0.123. The number of hydrogen-bond acceptors (Lipinski definition) is 6. The summed E-state index contributed by atoms with van der Waals surface area (Å²) in [6.07, 6.45) is 2.48. The fourth-order valence-electron chi connectivity index (χ4n) is 4.04. The van der Waals surface area contributed by atoms with Gasteiger partial charge in [-0.3, -0.25) is 9.78 Å². The minimum atomic E-state index is -0.123. The Balaban J connectivity index is 1.73. The van der Waals surface area contributed by atoms with Gasteiger partial charge in [-0.15, -0.1) is 0 Å². The molecule has 180 valence electrons. The van der Waals surface area contributed by atoms with Gasteiger partial charge in [0.05, 0.1) is 40.6 Å². The lowest BCUT2D eigenvalue weighted by atomic mass is 10.0. The maximum absolute atomic E-state index is 12.9. The second-order valence-corrected chi connectivity index (χ2v) is 7.94. The standard InChI is InChI=1S/C28H28N2O5/c1-32-24-14-19-10-11-29-23(21(19)16-26(24)34-3)13-20-15-25(33-2)27(35-4)17-22(20)30-28(31)12-18-8-6-5-7-9-18/h5-11,14-17H,12-13H2,1-4H3,(H,30,31). The van der Waals surface area contributed by atoms with Crippen molar-refractivity contribution >= 4 is 22.4 Å². The van der Waals surface area contributed by atoms with Gasteiger partial charge >= 0.3 is 0 Å². The molecule has 0 saturated heterocycles. The summed E-state index contributed by atoms with van der Waals surface area (Å²) in [6, 6.07) is 19.0. The summed E-state index contributed by atoms with van der Waals surface area (Å²) in [5, 5.41) is 4.95. The number of amides is 1. The molecule has 7 heteroatoms. The predicted molar refractivity (Wildman–Crippen MR) is 136 cm³/mol. The lowest BCUT2D eigenvalue weighted by Gasteiger charge is -2.17. The third kappa shape index (κ3) is 5.30. The van der Waals surface area contributed by atoms with Crippen molar-refractivity contribution in [3.05, 3.63) is 83.7 Å². The molecule has 0 aliphatic rings. The number of pyridine rings is 1. The summed E-state index contributed by atoms with van der Waals surface area (Å²) < 4.78 is 22.0. The highest BCUT2D eigenvalue weighted by Crippen LogP contribution is 2.37. The van der Waals surface area contributed by atoms with E-state index in [0.717, 1.165) is 27.6 Å². The predicted octanol–water partition coefficient (Wildman–Crippen LogP) is 5.04. The molecule has 4 rings (SSSR count). The summed E-state index contributed by atoms with van der Waals surface area (Å²) >= 11 is 0. The Morgan fingerprint density at radius 1 is 0.800 bits per heavy atom. The molecule has 0 radical (unpaired) electrons. The molecule has 1 amide bonds. The molecule has 0 aliphatic heterocycles. The van der Waals surface area contributed by atoms with Gasteiger partial charge in [0.25, 0.3) is 0 Å². The molecule has 0 aliphatic carbocycles. The van der Waals surface area contributed by atoms with Crippen LogP contribution in [0.25, 0.3) is 10.8 Å². The summed E-state index contributed by atoms with van der Waals surface area (Å²) in [5.41, 5.74) is 3.25. The third-order valence-corrected chi connectivity index (χ3v) is 5.80. The van der Waals surface area contributed by atoms with Crippen molar-refractivity contribution < 1.29 is 23.7 Å². The molecule has 0 bridgehead atoms. The first-order valence-electron chi connectivity index (χ1n) is 11.1. The molecule has 1 N–H and O–H groups in total. The normalized spacial score (nSPS) is 10.6. The second-order valence-electron chi connectivity index (χ2n) is 7.94. The number of anilines is 1. The number of aromatic nitrogens is 1. The topological polar surface area (TPSA) is 78.9 Å². The Morgan fingerprint density at radius 2 is 1.43 bits per heavy atom. The van der Waals surface area contributed by atoms with Crippen molar-refractivity contribution in [1.29, 1.82) is 0 Å². The van der Waals surface area contributed by atoms with Gasteiger partial charge in [-0.1, -0.05) is 30.3 Å². The molecule has 0 fully saturated rings. The van der Waals surface area contributed by atoms with Crippen LogP contribution in [0.2, 0.25) is 0 Å². The van der Waals surface area contributed by atoms with Gasteiger partial charge in [-0.05, 0) is 40.8 Å². The molecule has 0 atom stereocenters. The van der Waals surface area contributed by atoms with Crippen LogP contribution in [0.5, 0.6) is 23.0 Å². The van der Waals surface area contributed by atoms with Crippen LogP contribution >= 0.6 is 0 Å². The van der Waals surface area contributed by atoms with Gasteiger partial charge in [0, 0.05) is 29.8 Å². The van der Waals surface area contributed by atoms with Crippen LogP contribution in [0.3, 0.4) is 0 Å². The zero-order valence-electron chi connectivity index (χ0n) is 20.3. The van der Waals surface area contributed by atoms with Crippen molar-refractivity contribution in [3.8, 4) is 23.0 Å². The molecular weight excluding hydrogens is 444 g/mol. The highest BCUT2D eigenvalue weighted by molar-refractivity contribution is 5.94. The van der Waals surface area contributed by atoms with E-state index in [2.05, 4.69) is 10.3 Å². The number of hydrogen-bond donors (Lipinski definition) is 1. The maximum atomic E-state index is 12.9. The number of ether oxygens (including phenoxy) is 4. The van der Waals surface area contributed by atoms with Crippen LogP contribution in [0.4, 0.5) is 5.69 Å². The van der Waals surface area contributed by atoms with E-state index in [1.54, 1.807) is 40.7 Å². The van der Waals surface area contributed by atoms with E-state index in [9.17, 15) is 4.79 Å². The quantitative estimate of drug-likeness (QED) is 0.368. The molecule has 35 heavy (non-hydrogen) atoms. The number of carbonyl (C=O) groups is 1. The van der Waals surface area contributed by atoms with Crippen molar-refractivity contribution in [2.24, 2.45) is 0 Å². The van der Waals surface area contributed by atoms with Crippen molar-refractivity contribution in [2.45, 2.75) is 12.8 Å². The number of nitrogens with one attached hydrogen (secondary N) is 1. The van der Waals surface area contributed by atoms with Gasteiger partial charge in [0.2, 0.25) is 5.91 Å². The van der Waals surface area contributed by atoms with Crippen LogP contribution in [-0.4, -0.2) is 39.3 Å². The van der Waals surface area contributed by atoms with E-state index in [4.69, 9.17) is 18.9 Å². The second kappa shape index (κ2) is 10.8. The fraction of sp³-hybridized carbons (Fsp3) is 0.214. The summed E-state index contributed by atoms with van der Waals surface area (Å²) in [6.45, 7) is 0. The summed E-state index contributed by atoms with van der Waals surface area (Å²) in [5.74, 6) is 2.25. The summed E-state index contributed by atoms with van der Waals surface area (Å²) in [7, 11) is 6.37. The van der Waals surface area contributed by atoms with Gasteiger partial charge in [0.15, 0.2) is 23.0 Å². The third-order valence-electron chi connectivity index (χ3n) is 5.80. The molecule has 0 saturated carbocycles. The first-order valence-corrected chi connectivity index (χ1v) is 11.1. The zero-order valence-corrected chi connectivity index (χ0v) is 20.3. The maximum Gasteiger partial charge on any atom is 0.228 e. The Bertz CT molecular complexity index is 1340. The van der Waals surface area contributed by atoms with Crippen LogP contribution < -0.4 is 24.3 Å². The molecule has 0 spiro atoms. The molecule has 1 aromatic heterocycles. The van der Waals surface area contributed by atoms with Crippen LogP contribution in [0.1, 0.15) is 16.8 Å². The number of carbonyl (C=O) groups excluding carboxylic acids is 1. The van der Waals surface area contributed by atoms with Crippen LogP contribution in [0, 0.1) is 0 Å². The number of fused-ring (bicyclic) bond motifs is 1. The van der Waals surface area contributed by atoms with Crippen LogP contribution in [-0.2, 0) is 17.6 Å². The SMILES string of the molecule is COc1cc(Cc2nccc3cc(OC)c(OC)cc23)c(NC(=O)Cc2ccccc2)cc1OC. The van der Waals surface area contributed by atoms with Gasteiger partial charge in [0.1, 0.15) is 0 Å². The zero-order chi connectivity index (χ0) is 24.8. The Morgan fingerprint density at radius 3 is 2.11 bits per heavy atom. The highest BCUT2D eigenvalue weighted by Gasteiger charge is 2.17. The number of rotatable bonds is 9. The van der Waals surface area contributed by atoms with E-state index in [-0.39, 0.29) is 12.3 Å². The Labute approximate surface area is 204 Å². The van der Waals surface area contributed by atoms with Crippen molar-refractivity contribution in [2.75, 3.05) is 33.8 Å². The first kappa shape index (κ1) is 23.9. The smallest absolute Gasteiger partial charge is 0.228 e. The highest BCUT2D eigenvalue weighted by atomic mass is 16.5. The van der Waals surface area contributed by atoms with Crippen molar-refractivity contribution in [1.82, 2.24) is 4.98 Å². The lowest BCUT2D eigenvalue weighted by molar-refractivity contribution is -0.115. The Kier molecular flexibility index (Phi) is 7.35. The lowest BCUT2D eigenvalue weighted by Crippen LogP contribution is -2.16. The fourth-order valence-corrected chi connectivity index (χ4v) is 4.04.